The second-order valence-corrected chi connectivity index (χ2v) is 10.8. The SMILES string of the molecule is O=C1CC=CC=C1c1c(C(=O)NS(=O)(=O)C2CC2)n(Cc2cc([N+](=O)[O-])ccc2F)c2ccc(F)cc12. The number of nitrogens with one attached hydrogen (secondary N) is 1. The molecule has 0 radical (unpaired) electrons. The van der Waals surface area contributed by atoms with Crippen molar-refractivity contribution in [2.45, 2.75) is 31.1 Å². The van der Waals surface area contributed by atoms with Gasteiger partial charge in [-0.05, 0) is 37.1 Å². The molecule has 0 bridgehead atoms. The molecular weight excluding hydrogens is 508 g/mol. The van der Waals surface area contributed by atoms with Crippen molar-refractivity contribution in [2.24, 2.45) is 0 Å². The first kappa shape index (κ1) is 24.5. The monoisotopic (exact) mass is 527 g/mol. The summed E-state index contributed by atoms with van der Waals surface area (Å²) in [6.07, 6.45) is 5.40. The van der Waals surface area contributed by atoms with Gasteiger partial charge in [0.2, 0.25) is 10.0 Å². The van der Waals surface area contributed by atoms with Gasteiger partial charge in [0, 0.05) is 46.2 Å². The quantitative estimate of drug-likeness (QED) is 0.365. The minimum atomic E-state index is -4.03. The number of Topliss-reactive ketones (excluding diaryl/α,β-unsaturated/α-hetero) is 1. The van der Waals surface area contributed by atoms with E-state index in [9.17, 15) is 36.9 Å². The molecule has 190 valence electrons. The maximum atomic E-state index is 14.8. The van der Waals surface area contributed by atoms with Gasteiger partial charge in [-0.3, -0.25) is 19.7 Å². The number of fused-ring (bicyclic) bond motifs is 1. The number of rotatable bonds is 7. The van der Waals surface area contributed by atoms with Gasteiger partial charge in [0.1, 0.15) is 17.3 Å². The van der Waals surface area contributed by atoms with Crippen molar-refractivity contribution in [3.63, 3.8) is 0 Å². The first-order valence-electron chi connectivity index (χ1n) is 11.3. The van der Waals surface area contributed by atoms with E-state index in [2.05, 4.69) is 0 Å². The molecule has 0 atom stereocenters. The summed E-state index contributed by atoms with van der Waals surface area (Å²) in [6, 6.07) is 6.42. The number of sulfonamides is 1. The van der Waals surface area contributed by atoms with Crippen LogP contribution in [0.25, 0.3) is 16.5 Å². The van der Waals surface area contributed by atoms with E-state index in [1.807, 2.05) is 4.72 Å². The molecule has 1 N–H and O–H groups in total. The Hall–Kier alpha value is -4.19. The fourth-order valence-electron chi connectivity index (χ4n) is 4.37. The number of allylic oxidation sites excluding steroid dienone is 4. The van der Waals surface area contributed by atoms with Crippen LogP contribution in [0.1, 0.15) is 40.9 Å². The molecule has 2 aliphatic carbocycles. The number of nitro groups is 1. The molecule has 1 aromatic heterocycles. The normalized spacial score (nSPS) is 15.6. The van der Waals surface area contributed by atoms with Crippen LogP contribution in [0, 0.1) is 21.7 Å². The van der Waals surface area contributed by atoms with Crippen molar-refractivity contribution in [1.82, 2.24) is 9.29 Å². The van der Waals surface area contributed by atoms with Crippen LogP contribution >= 0.6 is 0 Å². The Bertz CT molecular complexity index is 1670. The number of ketones is 1. The lowest BCUT2D eigenvalue weighted by atomic mass is 9.93. The number of non-ortho nitro benzene ring substituents is 1. The molecule has 2 aliphatic rings. The van der Waals surface area contributed by atoms with Crippen LogP contribution < -0.4 is 4.72 Å². The van der Waals surface area contributed by atoms with Gasteiger partial charge in [0.25, 0.3) is 11.6 Å². The molecule has 1 fully saturated rings. The summed E-state index contributed by atoms with van der Waals surface area (Å²) in [7, 11) is -4.03. The number of benzene rings is 2. The minimum Gasteiger partial charge on any atom is -0.331 e. The summed E-state index contributed by atoms with van der Waals surface area (Å²) in [5.74, 6) is -2.94. The largest absolute Gasteiger partial charge is 0.331 e. The third kappa shape index (κ3) is 4.55. The Kier molecular flexibility index (Phi) is 5.98. The average Bonchev–Trinajstić information content (AvgIpc) is 3.65. The molecule has 0 aliphatic heterocycles. The Morgan fingerprint density at radius 1 is 1.16 bits per heavy atom. The molecule has 2 aromatic carbocycles. The number of carbonyl (C=O) groups is 2. The number of carbonyl (C=O) groups excluding carboxylic acids is 2. The third-order valence-electron chi connectivity index (χ3n) is 6.28. The molecule has 5 rings (SSSR count). The zero-order valence-electron chi connectivity index (χ0n) is 19.1. The maximum Gasteiger partial charge on any atom is 0.282 e. The van der Waals surface area contributed by atoms with Crippen molar-refractivity contribution in [1.29, 1.82) is 0 Å². The molecular formula is C25H19F2N3O6S. The minimum absolute atomic E-state index is 0.00168. The van der Waals surface area contributed by atoms with Gasteiger partial charge in [-0.2, -0.15) is 0 Å². The number of halogens is 2. The van der Waals surface area contributed by atoms with E-state index in [0.717, 1.165) is 30.3 Å². The topological polar surface area (TPSA) is 128 Å². The molecule has 9 nitrogen and oxygen atoms in total. The first-order valence-corrected chi connectivity index (χ1v) is 12.8. The standard InChI is InChI=1S/C25H19F2N3O6S/c26-15-5-10-21-19(12-15)23(18-3-1-2-4-22(18)31)24(25(32)28-37(35,36)17-7-8-17)29(21)13-14-11-16(30(33)34)6-9-20(14)27/h1-3,5-6,9-12,17H,4,7-8,13H2,(H,28,32). The summed E-state index contributed by atoms with van der Waals surface area (Å²) in [5.41, 5.74) is -0.588. The van der Waals surface area contributed by atoms with Crippen molar-refractivity contribution in [3.05, 3.63) is 93.2 Å². The summed E-state index contributed by atoms with van der Waals surface area (Å²) in [6.45, 7) is -0.431. The second kappa shape index (κ2) is 9.04. The van der Waals surface area contributed by atoms with E-state index < -0.39 is 50.0 Å². The van der Waals surface area contributed by atoms with Gasteiger partial charge in [0.05, 0.1) is 16.7 Å². The average molecular weight is 528 g/mol. The lowest BCUT2D eigenvalue weighted by Gasteiger charge is -2.15. The van der Waals surface area contributed by atoms with Crippen LogP contribution in [0.3, 0.4) is 0 Å². The molecule has 0 unspecified atom stereocenters. The van der Waals surface area contributed by atoms with Gasteiger partial charge in [-0.25, -0.2) is 21.9 Å². The number of amides is 1. The summed E-state index contributed by atoms with van der Waals surface area (Å²) in [4.78, 5) is 36.9. The maximum absolute atomic E-state index is 14.8. The van der Waals surface area contributed by atoms with Crippen LogP contribution in [-0.2, 0) is 21.4 Å². The molecule has 12 heteroatoms. The van der Waals surface area contributed by atoms with Gasteiger partial charge >= 0.3 is 0 Å². The lowest BCUT2D eigenvalue weighted by Crippen LogP contribution is -2.35. The highest BCUT2D eigenvalue weighted by atomic mass is 32.2. The molecule has 1 amide bonds. The second-order valence-electron chi connectivity index (χ2n) is 8.82. The van der Waals surface area contributed by atoms with E-state index in [-0.39, 0.29) is 45.5 Å². The van der Waals surface area contributed by atoms with Crippen molar-refractivity contribution >= 4 is 43.9 Å². The molecule has 0 saturated heterocycles. The van der Waals surface area contributed by atoms with Gasteiger partial charge in [0.15, 0.2) is 5.78 Å². The molecule has 3 aromatic rings. The van der Waals surface area contributed by atoms with E-state index in [1.54, 1.807) is 12.2 Å². The fourth-order valence-corrected chi connectivity index (χ4v) is 5.65. The predicted octanol–water partition coefficient (Wildman–Crippen LogP) is 4.01. The van der Waals surface area contributed by atoms with Crippen LogP contribution in [0.4, 0.5) is 14.5 Å². The van der Waals surface area contributed by atoms with Crippen molar-refractivity contribution < 1.29 is 31.7 Å². The lowest BCUT2D eigenvalue weighted by molar-refractivity contribution is -0.385. The molecule has 0 spiro atoms. The van der Waals surface area contributed by atoms with Crippen molar-refractivity contribution in [3.8, 4) is 0 Å². The van der Waals surface area contributed by atoms with Gasteiger partial charge in [-0.15, -0.1) is 0 Å². The van der Waals surface area contributed by atoms with E-state index >= 15 is 0 Å². The molecule has 1 saturated carbocycles. The number of nitro benzene ring substituents is 1. The van der Waals surface area contributed by atoms with E-state index in [4.69, 9.17) is 0 Å². The highest BCUT2D eigenvalue weighted by Crippen LogP contribution is 2.36. The first-order chi connectivity index (χ1) is 17.6. The number of hydrogen-bond acceptors (Lipinski definition) is 6. The van der Waals surface area contributed by atoms with Gasteiger partial charge in [-0.1, -0.05) is 18.2 Å². The van der Waals surface area contributed by atoms with Crippen molar-refractivity contribution in [2.75, 3.05) is 0 Å². The predicted molar refractivity (Wildman–Crippen MR) is 130 cm³/mol. The zero-order chi connectivity index (χ0) is 26.5. The number of aromatic nitrogens is 1. The fraction of sp³-hybridized carbons (Fsp3) is 0.200. The molecule has 37 heavy (non-hydrogen) atoms. The van der Waals surface area contributed by atoms with E-state index in [0.29, 0.717) is 12.8 Å². The van der Waals surface area contributed by atoms with Crippen LogP contribution in [0.5, 0.6) is 0 Å². The summed E-state index contributed by atoms with van der Waals surface area (Å²) in [5, 5.41) is 10.7. The Morgan fingerprint density at radius 3 is 2.59 bits per heavy atom. The number of hydrogen-bond donors (Lipinski definition) is 1. The Labute approximate surface area is 209 Å². The Morgan fingerprint density at radius 2 is 1.92 bits per heavy atom. The third-order valence-corrected chi connectivity index (χ3v) is 8.10. The number of nitrogens with zero attached hydrogens (tertiary/aromatic N) is 2. The van der Waals surface area contributed by atoms with E-state index in [1.165, 1.54) is 16.7 Å². The smallest absolute Gasteiger partial charge is 0.282 e. The Balaban J connectivity index is 1.78. The zero-order valence-corrected chi connectivity index (χ0v) is 19.9. The summed E-state index contributed by atoms with van der Waals surface area (Å²) >= 11 is 0. The molecule has 1 heterocycles. The van der Waals surface area contributed by atoms with Crippen LogP contribution in [-0.4, -0.2) is 34.8 Å². The highest BCUT2D eigenvalue weighted by Gasteiger charge is 2.38. The van der Waals surface area contributed by atoms with Crippen LogP contribution in [0.15, 0.2) is 54.6 Å². The van der Waals surface area contributed by atoms with Crippen LogP contribution in [0.2, 0.25) is 0 Å². The highest BCUT2D eigenvalue weighted by molar-refractivity contribution is 7.91. The van der Waals surface area contributed by atoms with Gasteiger partial charge < -0.3 is 4.57 Å². The summed E-state index contributed by atoms with van der Waals surface area (Å²) < 4.78 is 57.6.